The van der Waals surface area contributed by atoms with E-state index >= 15 is 0 Å². The van der Waals surface area contributed by atoms with Gasteiger partial charge in [0.05, 0.1) is 11.5 Å². The molecule has 0 bridgehead atoms. The Bertz CT molecular complexity index is 1390. The van der Waals surface area contributed by atoms with Gasteiger partial charge in [0.2, 0.25) is 5.88 Å². The second-order valence-electron chi connectivity index (χ2n) is 6.60. The van der Waals surface area contributed by atoms with E-state index in [0.29, 0.717) is 32.4 Å². The van der Waals surface area contributed by atoms with Crippen molar-refractivity contribution in [2.75, 3.05) is 5.32 Å². The molecule has 8 nitrogen and oxygen atoms in total. The molecular formula is C21H14N6O2S. The first-order valence-electron chi connectivity index (χ1n) is 9.02. The van der Waals surface area contributed by atoms with Gasteiger partial charge in [-0.25, -0.2) is 4.98 Å². The molecule has 3 aromatic heterocycles. The fraction of sp³-hybridized carbons (Fsp3) is 0.0476. The van der Waals surface area contributed by atoms with Crippen LogP contribution in [0, 0.1) is 11.3 Å². The number of hydrogen-bond acceptors (Lipinski definition) is 8. The first-order chi connectivity index (χ1) is 14.7. The highest BCUT2D eigenvalue weighted by atomic mass is 32.1. The van der Waals surface area contributed by atoms with Gasteiger partial charge in [-0.3, -0.25) is 9.78 Å². The van der Waals surface area contributed by atoms with Gasteiger partial charge in [0, 0.05) is 18.1 Å². The lowest BCUT2D eigenvalue weighted by molar-refractivity contribution is 0.397. The van der Waals surface area contributed by atoms with Crippen molar-refractivity contribution in [1.82, 2.24) is 15.0 Å². The van der Waals surface area contributed by atoms with E-state index in [9.17, 15) is 10.1 Å². The van der Waals surface area contributed by atoms with Crippen LogP contribution in [0.25, 0.3) is 10.3 Å². The van der Waals surface area contributed by atoms with Crippen LogP contribution < -0.4 is 21.3 Å². The van der Waals surface area contributed by atoms with Gasteiger partial charge in [-0.1, -0.05) is 35.6 Å². The maximum absolute atomic E-state index is 13.0. The summed E-state index contributed by atoms with van der Waals surface area (Å²) in [5.74, 6) is -0.386. The van der Waals surface area contributed by atoms with Crippen molar-refractivity contribution in [3.63, 3.8) is 0 Å². The van der Waals surface area contributed by atoms with Gasteiger partial charge >= 0.3 is 0 Å². The van der Waals surface area contributed by atoms with E-state index < -0.39 is 5.92 Å². The number of hydrogen-bond donors (Lipinski definition) is 3. The summed E-state index contributed by atoms with van der Waals surface area (Å²) in [6.45, 7) is 0. The maximum atomic E-state index is 13.0. The maximum Gasteiger partial charge on any atom is 0.257 e. The quantitative estimate of drug-likeness (QED) is 0.469. The van der Waals surface area contributed by atoms with Gasteiger partial charge in [-0.15, -0.1) is 0 Å². The van der Waals surface area contributed by atoms with Crippen LogP contribution in [0.5, 0.6) is 5.75 Å². The lowest BCUT2D eigenvalue weighted by Crippen LogP contribution is -2.27. The number of pyridine rings is 2. The SMILES string of the molecule is N#CC1=C(N)Oc2c(c(=O)[nH]c3nc(Nc4ccccc4)sc23)[C@@H]1c1cccnc1. The molecule has 4 heterocycles. The molecule has 0 spiro atoms. The molecule has 0 aliphatic carbocycles. The standard InChI is InChI=1S/C21H14N6O2S/c22-9-13-14(11-5-4-8-24-10-11)15-16(29-18(13)23)17-19(26-20(15)28)27-21(30-17)25-12-6-2-1-3-7-12/h1-8,10,14H,23H2,(H2,25,26,27,28)/t14-/m1/s1. The van der Waals surface area contributed by atoms with Gasteiger partial charge in [-0.2, -0.15) is 5.26 Å². The van der Waals surface area contributed by atoms with Gasteiger partial charge in [0.1, 0.15) is 16.3 Å². The number of aromatic nitrogens is 3. The summed E-state index contributed by atoms with van der Waals surface area (Å²) in [4.78, 5) is 24.4. The first-order valence-corrected chi connectivity index (χ1v) is 9.83. The van der Waals surface area contributed by atoms with Crippen LogP contribution in [0.2, 0.25) is 0 Å². The molecule has 5 rings (SSSR count). The molecule has 0 saturated carbocycles. The van der Waals surface area contributed by atoms with Crippen LogP contribution >= 0.6 is 11.3 Å². The number of aromatic amines is 1. The average molecular weight is 414 g/mol. The molecule has 1 aliphatic heterocycles. The third kappa shape index (κ3) is 2.87. The molecule has 0 amide bonds. The lowest BCUT2D eigenvalue weighted by Gasteiger charge is -2.25. The van der Waals surface area contributed by atoms with Crippen molar-refractivity contribution in [2.45, 2.75) is 5.92 Å². The Morgan fingerprint density at radius 1 is 1.23 bits per heavy atom. The van der Waals surface area contributed by atoms with Crippen LogP contribution in [-0.2, 0) is 0 Å². The minimum Gasteiger partial charge on any atom is -0.438 e. The largest absolute Gasteiger partial charge is 0.438 e. The van der Waals surface area contributed by atoms with E-state index in [1.807, 2.05) is 30.3 Å². The molecule has 4 N–H and O–H groups in total. The summed E-state index contributed by atoms with van der Waals surface area (Å²) in [7, 11) is 0. The van der Waals surface area contributed by atoms with Crippen molar-refractivity contribution in [3.8, 4) is 11.8 Å². The number of fused-ring (bicyclic) bond motifs is 3. The van der Waals surface area contributed by atoms with Crippen molar-refractivity contribution >= 4 is 32.5 Å². The van der Waals surface area contributed by atoms with E-state index in [0.717, 1.165) is 5.69 Å². The van der Waals surface area contributed by atoms with E-state index in [4.69, 9.17) is 10.5 Å². The molecule has 1 aromatic carbocycles. The highest BCUT2D eigenvalue weighted by Gasteiger charge is 2.35. The number of ether oxygens (including phenoxy) is 1. The van der Waals surface area contributed by atoms with Crippen LogP contribution in [0.4, 0.5) is 10.8 Å². The topological polar surface area (TPSA) is 130 Å². The Morgan fingerprint density at radius 2 is 2.07 bits per heavy atom. The highest BCUT2D eigenvalue weighted by molar-refractivity contribution is 7.22. The Hall–Kier alpha value is -4.16. The Balaban J connectivity index is 1.70. The van der Waals surface area contributed by atoms with Gasteiger partial charge < -0.3 is 20.8 Å². The predicted molar refractivity (Wildman–Crippen MR) is 113 cm³/mol. The fourth-order valence-electron chi connectivity index (χ4n) is 3.47. The van der Waals surface area contributed by atoms with Crippen LogP contribution in [0.1, 0.15) is 17.0 Å². The second kappa shape index (κ2) is 7.02. The highest BCUT2D eigenvalue weighted by Crippen LogP contribution is 2.45. The zero-order valence-electron chi connectivity index (χ0n) is 15.4. The zero-order valence-corrected chi connectivity index (χ0v) is 16.2. The van der Waals surface area contributed by atoms with Gasteiger partial charge in [0.15, 0.2) is 16.5 Å². The fourth-order valence-corrected chi connectivity index (χ4v) is 4.41. The first kappa shape index (κ1) is 17.9. The zero-order chi connectivity index (χ0) is 20.7. The summed E-state index contributed by atoms with van der Waals surface area (Å²) in [6, 6.07) is 15.2. The van der Waals surface area contributed by atoms with E-state index in [2.05, 4.69) is 26.3 Å². The number of allylic oxidation sites excluding steroid dienone is 1. The third-order valence-corrected chi connectivity index (χ3v) is 5.74. The smallest absolute Gasteiger partial charge is 0.257 e. The molecular weight excluding hydrogens is 400 g/mol. The Morgan fingerprint density at radius 3 is 2.80 bits per heavy atom. The molecule has 0 unspecified atom stereocenters. The number of thiazole rings is 1. The summed E-state index contributed by atoms with van der Waals surface area (Å²) < 4.78 is 6.42. The number of benzene rings is 1. The van der Waals surface area contributed by atoms with E-state index in [-0.39, 0.29) is 17.0 Å². The molecule has 1 aliphatic rings. The van der Waals surface area contributed by atoms with Gasteiger partial charge in [0.25, 0.3) is 5.56 Å². The molecule has 1 atom stereocenters. The summed E-state index contributed by atoms with van der Waals surface area (Å²) in [5, 5.41) is 13.5. The predicted octanol–water partition coefficient (Wildman–Crippen LogP) is 3.34. The van der Waals surface area contributed by atoms with Crippen molar-refractivity contribution in [2.24, 2.45) is 5.73 Å². The van der Waals surface area contributed by atoms with Crippen molar-refractivity contribution in [1.29, 1.82) is 5.26 Å². The summed E-state index contributed by atoms with van der Waals surface area (Å²) in [6.07, 6.45) is 3.24. The summed E-state index contributed by atoms with van der Waals surface area (Å²) >= 11 is 1.33. The van der Waals surface area contributed by atoms with E-state index in [1.165, 1.54) is 11.3 Å². The number of nitrogens with two attached hydrogens (primary N) is 1. The van der Waals surface area contributed by atoms with Crippen molar-refractivity contribution in [3.05, 3.63) is 87.8 Å². The molecule has 0 saturated heterocycles. The second-order valence-corrected chi connectivity index (χ2v) is 7.59. The van der Waals surface area contributed by atoms with Gasteiger partial charge in [-0.05, 0) is 23.8 Å². The number of anilines is 2. The molecule has 146 valence electrons. The van der Waals surface area contributed by atoms with Crippen LogP contribution in [-0.4, -0.2) is 15.0 Å². The molecule has 9 heteroatoms. The number of nitriles is 1. The number of para-hydroxylation sites is 1. The van der Waals surface area contributed by atoms with Crippen LogP contribution in [0.15, 0.2) is 71.1 Å². The molecule has 0 radical (unpaired) electrons. The van der Waals surface area contributed by atoms with E-state index in [1.54, 1.807) is 24.5 Å². The molecule has 0 fully saturated rings. The lowest BCUT2D eigenvalue weighted by atomic mass is 9.85. The van der Waals surface area contributed by atoms with Crippen molar-refractivity contribution < 1.29 is 4.74 Å². The molecule has 4 aromatic rings. The number of rotatable bonds is 3. The minimum atomic E-state index is -0.673. The molecule has 30 heavy (non-hydrogen) atoms. The third-order valence-electron chi connectivity index (χ3n) is 4.77. The number of H-pyrrole nitrogens is 1. The number of nitrogens with zero attached hydrogens (tertiary/aromatic N) is 3. The number of nitrogens with one attached hydrogen (secondary N) is 2. The Kier molecular flexibility index (Phi) is 4.19. The summed E-state index contributed by atoms with van der Waals surface area (Å²) in [5.41, 5.74) is 8.11. The average Bonchev–Trinajstić information content (AvgIpc) is 3.16. The Labute approximate surface area is 174 Å². The monoisotopic (exact) mass is 414 g/mol. The normalized spacial score (nSPS) is 15.4. The van der Waals surface area contributed by atoms with Crippen LogP contribution in [0.3, 0.4) is 0 Å². The minimum absolute atomic E-state index is 0.0308.